The Bertz CT molecular complexity index is 370. The van der Waals surface area contributed by atoms with Gasteiger partial charge in [-0.25, -0.2) is 0 Å². The number of benzene rings is 1. The average molecular weight is 216 g/mol. The minimum atomic E-state index is 0.328. The molecule has 2 aliphatic rings. The number of hydrogen-bond acceptors (Lipinski definition) is 2. The topological polar surface area (TPSA) is 29.3 Å². The molecule has 1 saturated heterocycles. The van der Waals surface area contributed by atoms with E-state index in [1.54, 1.807) is 0 Å². The van der Waals surface area contributed by atoms with Crippen LogP contribution in [0.5, 0.6) is 0 Å². The van der Waals surface area contributed by atoms with Crippen molar-refractivity contribution >= 4 is 0 Å². The first-order valence-electron chi connectivity index (χ1n) is 6.32. The van der Waals surface area contributed by atoms with Gasteiger partial charge in [-0.05, 0) is 31.7 Å². The highest BCUT2D eigenvalue weighted by atomic mass is 15.3. The lowest BCUT2D eigenvalue weighted by Crippen LogP contribution is -2.43. The molecule has 16 heavy (non-hydrogen) atoms. The predicted molar refractivity (Wildman–Crippen MR) is 66.1 cm³/mol. The minimum absolute atomic E-state index is 0.328. The molecule has 0 radical (unpaired) electrons. The van der Waals surface area contributed by atoms with Crippen LogP contribution < -0.4 is 5.73 Å². The SMILES string of the molecule is CC1C(N)CCN1C1(c2ccccc2)CC1. The summed E-state index contributed by atoms with van der Waals surface area (Å²) < 4.78 is 0. The van der Waals surface area contributed by atoms with Gasteiger partial charge in [0, 0.05) is 24.2 Å². The van der Waals surface area contributed by atoms with Gasteiger partial charge in [0.2, 0.25) is 0 Å². The Morgan fingerprint density at radius 1 is 1.25 bits per heavy atom. The van der Waals surface area contributed by atoms with Gasteiger partial charge in [-0.3, -0.25) is 4.90 Å². The molecule has 0 aromatic heterocycles. The van der Waals surface area contributed by atoms with Gasteiger partial charge >= 0.3 is 0 Å². The van der Waals surface area contributed by atoms with Gasteiger partial charge in [0.15, 0.2) is 0 Å². The fraction of sp³-hybridized carbons (Fsp3) is 0.571. The van der Waals surface area contributed by atoms with Crippen LogP contribution in [0.4, 0.5) is 0 Å². The molecular formula is C14H20N2. The molecule has 2 atom stereocenters. The van der Waals surface area contributed by atoms with Crippen LogP contribution in [0.3, 0.4) is 0 Å². The van der Waals surface area contributed by atoms with Gasteiger partial charge in [-0.1, -0.05) is 30.3 Å². The summed E-state index contributed by atoms with van der Waals surface area (Å²) in [7, 11) is 0. The van der Waals surface area contributed by atoms with E-state index in [0.717, 1.165) is 13.0 Å². The Kier molecular flexibility index (Phi) is 2.30. The minimum Gasteiger partial charge on any atom is -0.326 e. The second kappa shape index (κ2) is 3.57. The maximum atomic E-state index is 6.13. The summed E-state index contributed by atoms with van der Waals surface area (Å²) >= 11 is 0. The molecule has 2 heteroatoms. The summed E-state index contributed by atoms with van der Waals surface area (Å²) in [6.07, 6.45) is 3.75. The largest absolute Gasteiger partial charge is 0.326 e. The molecule has 2 unspecified atom stereocenters. The second-order valence-corrected chi connectivity index (χ2v) is 5.28. The van der Waals surface area contributed by atoms with Crippen molar-refractivity contribution in [2.24, 2.45) is 5.73 Å². The fourth-order valence-corrected chi connectivity index (χ4v) is 3.18. The Labute approximate surface area is 97.4 Å². The molecule has 2 fully saturated rings. The van der Waals surface area contributed by atoms with E-state index >= 15 is 0 Å². The number of likely N-dealkylation sites (tertiary alicyclic amines) is 1. The van der Waals surface area contributed by atoms with Gasteiger partial charge < -0.3 is 5.73 Å². The van der Waals surface area contributed by atoms with Gasteiger partial charge in [0.05, 0.1) is 0 Å². The number of hydrogen-bond donors (Lipinski definition) is 1. The lowest BCUT2D eigenvalue weighted by atomic mass is 10.0. The Hall–Kier alpha value is -0.860. The molecule has 1 aliphatic heterocycles. The van der Waals surface area contributed by atoms with E-state index < -0.39 is 0 Å². The predicted octanol–water partition coefficient (Wildman–Crippen LogP) is 2.10. The van der Waals surface area contributed by atoms with Gasteiger partial charge in [-0.15, -0.1) is 0 Å². The van der Waals surface area contributed by atoms with Crippen molar-refractivity contribution in [1.82, 2.24) is 4.90 Å². The molecule has 1 heterocycles. The highest BCUT2D eigenvalue weighted by molar-refractivity contribution is 5.31. The molecule has 2 N–H and O–H groups in total. The van der Waals surface area contributed by atoms with Crippen molar-refractivity contribution in [3.8, 4) is 0 Å². The normalized spacial score (nSPS) is 32.9. The van der Waals surface area contributed by atoms with Crippen LogP contribution >= 0.6 is 0 Å². The third-order valence-electron chi connectivity index (χ3n) is 4.40. The standard InChI is InChI=1S/C14H20N2/c1-11-13(15)7-10-16(11)14(8-9-14)12-5-3-2-4-6-12/h2-6,11,13H,7-10,15H2,1H3. The molecule has 3 rings (SSSR count). The quantitative estimate of drug-likeness (QED) is 0.820. The first-order chi connectivity index (χ1) is 7.74. The summed E-state index contributed by atoms with van der Waals surface area (Å²) in [6, 6.07) is 11.8. The van der Waals surface area contributed by atoms with Gasteiger partial charge in [0.1, 0.15) is 0 Å². The molecular weight excluding hydrogens is 196 g/mol. The summed E-state index contributed by atoms with van der Waals surface area (Å²) in [5, 5.41) is 0. The van der Waals surface area contributed by atoms with Gasteiger partial charge in [0.25, 0.3) is 0 Å². The number of rotatable bonds is 2. The average Bonchev–Trinajstić information content (AvgIpc) is 3.05. The number of nitrogens with two attached hydrogens (primary N) is 1. The molecule has 1 saturated carbocycles. The first-order valence-corrected chi connectivity index (χ1v) is 6.32. The van der Waals surface area contributed by atoms with Crippen LogP contribution in [0, 0.1) is 0 Å². The van der Waals surface area contributed by atoms with Crippen molar-refractivity contribution in [3.05, 3.63) is 35.9 Å². The fourth-order valence-electron chi connectivity index (χ4n) is 3.18. The first kappa shape index (κ1) is 10.3. The highest BCUT2D eigenvalue weighted by Crippen LogP contribution is 2.53. The zero-order chi connectivity index (χ0) is 11.2. The van der Waals surface area contributed by atoms with Gasteiger partial charge in [-0.2, -0.15) is 0 Å². The Balaban J connectivity index is 1.90. The molecule has 86 valence electrons. The van der Waals surface area contributed by atoms with Crippen LogP contribution in [0.25, 0.3) is 0 Å². The van der Waals surface area contributed by atoms with E-state index in [1.165, 1.54) is 18.4 Å². The van der Waals surface area contributed by atoms with E-state index in [9.17, 15) is 0 Å². The zero-order valence-electron chi connectivity index (χ0n) is 9.89. The second-order valence-electron chi connectivity index (χ2n) is 5.28. The molecule has 1 aromatic rings. The summed E-state index contributed by atoms with van der Waals surface area (Å²) in [5.41, 5.74) is 7.94. The lowest BCUT2D eigenvalue weighted by Gasteiger charge is -2.33. The van der Waals surface area contributed by atoms with E-state index in [-0.39, 0.29) is 0 Å². The highest BCUT2D eigenvalue weighted by Gasteiger charge is 2.53. The van der Waals surface area contributed by atoms with Crippen LogP contribution in [0.15, 0.2) is 30.3 Å². The summed E-state index contributed by atoms with van der Waals surface area (Å²) in [6.45, 7) is 3.44. The van der Waals surface area contributed by atoms with E-state index in [2.05, 4.69) is 42.2 Å². The van der Waals surface area contributed by atoms with Crippen molar-refractivity contribution in [1.29, 1.82) is 0 Å². The van der Waals surface area contributed by atoms with Crippen molar-refractivity contribution in [2.45, 2.75) is 43.8 Å². The third kappa shape index (κ3) is 1.40. The molecule has 0 amide bonds. The molecule has 1 aliphatic carbocycles. The maximum absolute atomic E-state index is 6.13. The van der Waals surface area contributed by atoms with Crippen LogP contribution in [-0.4, -0.2) is 23.5 Å². The van der Waals surface area contributed by atoms with E-state index in [1.807, 2.05) is 0 Å². The summed E-state index contributed by atoms with van der Waals surface area (Å²) in [5.74, 6) is 0. The van der Waals surface area contributed by atoms with Crippen LogP contribution in [0.1, 0.15) is 31.7 Å². The summed E-state index contributed by atoms with van der Waals surface area (Å²) in [4.78, 5) is 2.63. The number of nitrogens with zero attached hydrogens (tertiary/aromatic N) is 1. The van der Waals surface area contributed by atoms with Crippen LogP contribution in [0.2, 0.25) is 0 Å². The smallest absolute Gasteiger partial charge is 0.0465 e. The van der Waals surface area contributed by atoms with Crippen LogP contribution in [-0.2, 0) is 5.54 Å². The Morgan fingerprint density at radius 3 is 2.44 bits per heavy atom. The zero-order valence-corrected chi connectivity index (χ0v) is 9.89. The molecule has 1 aromatic carbocycles. The molecule has 0 spiro atoms. The molecule has 2 nitrogen and oxygen atoms in total. The van der Waals surface area contributed by atoms with E-state index in [4.69, 9.17) is 5.73 Å². The van der Waals surface area contributed by atoms with Crippen molar-refractivity contribution < 1.29 is 0 Å². The third-order valence-corrected chi connectivity index (χ3v) is 4.40. The van der Waals surface area contributed by atoms with E-state index in [0.29, 0.717) is 17.6 Å². The van der Waals surface area contributed by atoms with Crippen molar-refractivity contribution in [2.75, 3.05) is 6.54 Å². The maximum Gasteiger partial charge on any atom is 0.0465 e. The molecule has 0 bridgehead atoms. The van der Waals surface area contributed by atoms with Crippen molar-refractivity contribution in [3.63, 3.8) is 0 Å². The lowest BCUT2D eigenvalue weighted by molar-refractivity contribution is 0.164. The Morgan fingerprint density at radius 2 is 1.94 bits per heavy atom. The monoisotopic (exact) mass is 216 g/mol.